The summed E-state index contributed by atoms with van der Waals surface area (Å²) in [6, 6.07) is 7.97. The van der Waals surface area contributed by atoms with E-state index in [1.165, 1.54) is 12.3 Å². The number of rotatable bonds is 4. The summed E-state index contributed by atoms with van der Waals surface area (Å²) in [5.74, 6) is -0.279. The second kappa shape index (κ2) is 7.93. The summed E-state index contributed by atoms with van der Waals surface area (Å²) in [6.45, 7) is 1.05. The highest BCUT2D eigenvalue weighted by Crippen LogP contribution is 2.25. The molecule has 8 heteroatoms. The maximum Gasteiger partial charge on any atom is 0.267 e. The Morgan fingerprint density at radius 2 is 2.04 bits per heavy atom. The molecule has 0 bridgehead atoms. The Balaban J connectivity index is 1.70. The van der Waals surface area contributed by atoms with E-state index in [0.717, 1.165) is 12.8 Å². The highest BCUT2D eigenvalue weighted by Gasteiger charge is 2.27. The lowest BCUT2D eigenvalue weighted by Crippen LogP contribution is -2.44. The third-order valence-corrected chi connectivity index (χ3v) is 4.66. The molecular weight excluding hydrogens is 377 g/mol. The van der Waals surface area contributed by atoms with Crippen LogP contribution in [-0.4, -0.2) is 40.9 Å². The molecule has 26 heavy (non-hydrogen) atoms. The van der Waals surface area contributed by atoms with Crippen LogP contribution >= 0.6 is 23.2 Å². The van der Waals surface area contributed by atoms with E-state index in [0.29, 0.717) is 34.4 Å². The molecule has 3 rings (SSSR count). The average molecular weight is 394 g/mol. The molecule has 1 saturated heterocycles. The first-order valence-electron chi connectivity index (χ1n) is 8.11. The van der Waals surface area contributed by atoms with Crippen molar-refractivity contribution in [1.29, 1.82) is 0 Å². The summed E-state index contributed by atoms with van der Waals surface area (Å²) in [7, 11) is 0. The van der Waals surface area contributed by atoms with Gasteiger partial charge in [-0.15, -0.1) is 0 Å². The normalized spacial score (nSPS) is 17.0. The predicted octanol–water partition coefficient (Wildman–Crippen LogP) is 3.17. The molecule has 2 N–H and O–H groups in total. The lowest BCUT2D eigenvalue weighted by atomic mass is 10.1. The number of hydrogen-bond donors (Lipinski definition) is 1. The molecular formula is C18H17Cl2N3O3. The summed E-state index contributed by atoms with van der Waals surface area (Å²) in [4.78, 5) is 29.6. The lowest BCUT2D eigenvalue weighted by molar-refractivity contribution is 0.0538. The highest BCUT2D eigenvalue weighted by atomic mass is 35.5. The van der Waals surface area contributed by atoms with Crippen LogP contribution in [0.3, 0.4) is 0 Å². The summed E-state index contributed by atoms with van der Waals surface area (Å²) >= 11 is 12.0. The molecule has 136 valence electrons. The van der Waals surface area contributed by atoms with E-state index in [1.807, 2.05) is 0 Å². The maximum absolute atomic E-state index is 12.7. The van der Waals surface area contributed by atoms with Crippen LogP contribution in [-0.2, 0) is 0 Å². The van der Waals surface area contributed by atoms with E-state index >= 15 is 0 Å². The summed E-state index contributed by atoms with van der Waals surface area (Å²) in [6.07, 6.45) is 2.87. The van der Waals surface area contributed by atoms with Crippen molar-refractivity contribution in [3.8, 4) is 5.75 Å². The number of aromatic nitrogens is 1. The van der Waals surface area contributed by atoms with Gasteiger partial charge in [0.15, 0.2) is 0 Å². The van der Waals surface area contributed by atoms with Crippen LogP contribution in [0.2, 0.25) is 10.0 Å². The maximum atomic E-state index is 12.7. The van der Waals surface area contributed by atoms with Gasteiger partial charge in [-0.25, -0.2) is 0 Å². The number of nitrogens with two attached hydrogens (primary N) is 1. The van der Waals surface area contributed by atoms with Crippen molar-refractivity contribution in [3.05, 3.63) is 57.8 Å². The van der Waals surface area contributed by atoms with Gasteiger partial charge in [0.05, 0.1) is 17.1 Å². The molecule has 1 unspecified atom stereocenters. The zero-order valence-electron chi connectivity index (χ0n) is 13.8. The molecule has 2 amide bonds. The molecule has 0 radical (unpaired) electrons. The number of carbonyl (C=O) groups excluding carboxylic acids is 2. The predicted molar refractivity (Wildman–Crippen MR) is 98.8 cm³/mol. The van der Waals surface area contributed by atoms with Gasteiger partial charge >= 0.3 is 0 Å². The first-order valence-corrected chi connectivity index (χ1v) is 8.86. The number of nitrogens with zero attached hydrogens (tertiary/aromatic N) is 2. The summed E-state index contributed by atoms with van der Waals surface area (Å²) < 4.78 is 5.92. The van der Waals surface area contributed by atoms with Gasteiger partial charge in [-0.05, 0) is 37.1 Å². The van der Waals surface area contributed by atoms with Gasteiger partial charge < -0.3 is 15.4 Å². The number of likely N-dealkylation sites (tertiary alicyclic amines) is 1. The van der Waals surface area contributed by atoms with Gasteiger partial charge in [-0.3, -0.25) is 14.6 Å². The minimum Gasteiger partial charge on any atom is -0.488 e. The standard InChI is InChI=1S/C18H17Cl2N3O3/c19-11-3-4-14(15(20)8-11)18(25)23-7-1-2-13(10-23)26-12-5-6-22-16(9-12)17(21)24/h3-6,8-9,13H,1-2,7,10H2,(H2,21,24). The van der Waals surface area contributed by atoms with Crippen LogP contribution in [0.4, 0.5) is 0 Å². The molecule has 1 fully saturated rings. The van der Waals surface area contributed by atoms with Crippen molar-refractivity contribution >= 4 is 35.0 Å². The van der Waals surface area contributed by atoms with Gasteiger partial charge in [0.1, 0.15) is 17.5 Å². The molecule has 1 aromatic heterocycles. The minimum absolute atomic E-state index is 0.138. The fourth-order valence-corrected chi connectivity index (χ4v) is 3.35. The van der Waals surface area contributed by atoms with Crippen molar-refractivity contribution in [1.82, 2.24) is 9.88 Å². The largest absolute Gasteiger partial charge is 0.488 e. The molecule has 6 nitrogen and oxygen atoms in total. The van der Waals surface area contributed by atoms with E-state index < -0.39 is 5.91 Å². The van der Waals surface area contributed by atoms with Crippen molar-refractivity contribution < 1.29 is 14.3 Å². The Labute approximate surface area is 160 Å². The second-order valence-corrected chi connectivity index (χ2v) is 6.84. The quantitative estimate of drug-likeness (QED) is 0.863. The molecule has 1 aliphatic rings. The first-order chi connectivity index (χ1) is 12.4. The Morgan fingerprint density at radius 1 is 1.23 bits per heavy atom. The van der Waals surface area contributed by atoms with Crippen LogP contribution in [0.5, 0.6) is 5.75 Å². The van der Waals surface area contributed by atoms with E-state index in [9.17, 15) is 9.59 Å². The number of pyridine rings is 1. The number of carbonyl (C=O) groups is 2. The molecule has 2 aromatic rings. The van der Waals surface area contributed by atoms with Crippen molar-refractivity contribution in [2.45, 2.75) is 18.9 Å². The van der Waals surface area contributed by atoms with Gasteiger partial charge in [0.25, 0.3) is 11.8 Å². The lowest BCUT2D eigenvalue weighted by Gasteiger charge is -2.33. The smallest absolute Gasteiger partial charge is 0.267 e. The third-order valence-electron chi connectivity index (χ3n) is 4.11. The van der Waals surface area contributed by atoms with E-state index in [2.05, 4.69) is 4.98 Å². The zero-order valence-corrected chi connectivity index (χ0v) is 15.3. The van der Waals surface area contributed by atoms with Crippen molar-refractivity contribution in [2.24, 2.45) is 5.73 Å². The third kappa shape index (κ3) is 4.26. The number of halogens is 2. The Bertz CT molecular complexity index is 844. The molecule has 2 heterocycles. The first kappa shape index (κ1) is 18.5. The molecule has 1 aliphatic heterocycles. The van der Waals surface area contributed by atoms with Gasteiger partial charge in [-0.2, -0.15) is 0 Å². The number of amides is 2. The van der Waals surface area contributed by atoms with Gasteiger partial charge in [-0.1, -0.05) is 23.2 Å². The minimum atomic E-state index is -0.617. The van der Waals surface area contributed by atoms with E-state index in [4.69, 9.17) is 33.7 Å². The Morgan fingerprint density at radius 3 is 2.77 bits per heavy atom. The van der Waals surface area contributed by atoms with E-state index in [1.54, 1.807) is 29.2 Å². The number of primary amides is 1. The Kier molecular flexibility index (Phi) is 5.64. The molecule has 1 aromatic carbocycles. The number of piperidine rings is 1. The summed E-state index contributed by atoms with van der Waals surface area (Å²) in [5, 5.41) is 0.806. The monoisotopic (exact) mass is 393 g/mol. The van der Waals surface area contributed by atoms with Crippen LogP contribution in [0.1, 0.15) is 33.7 Å². The number of hydrogen-bond acceptors (Lipinski definition) is 4. The molecule has 1 atom stereocenters. The SMILES string of the molecule is NC(=O)c1cc(OC2CCCN(C(=O)c3ccc(Cl)cc3Cl)C2)ccn1. The molecule has 0 spiro atoms. The van der Waals surface area contributed by atoms with Crippen molar-refractivity contribution in [3.63, 3.8) is 0 Å². The average Bonchev–Trinajstić information content (AvgIpc) is 2.61. The summed E-state index contributed by atoms with van der Waals surface area (Å²) in [5.41, 5.74) is 5.79. The van der Waals surface area contributed by atoms with Crippen LogP contribution in [0, 0.1) is 0 Å². The fraction of sp³-hybridized carbons (Fsp3) is 0.278. The second-order valence-electron chi connectivity index (χ2n) is 6.00. The van der Waals surface area contributed by atoms with Crippen LogP contribution in [0.15, 0.2) is 36.5 Å². The topological polar surface area (TPSA) is 85.5 Å². The van der Waals surface area contributed by atoms with Gasteiger partial charge in [0, 0.05) is 23.8 Å². The number of ether oxygens (including phenoxy) is 1. The highest BCUT2D eigenvalue weighted by molar-refractivity contribution is 6.36. The fourth-order valence-electron chi connectivity index (χ4n) is 2.86. The molecule has 0 saturated carbocycles. The van der Waals surface area contributed by atoms with Crippen LogP contribution in [0.25, 0.3) is 0 Å². The molecule has 0 aliphatic carbocycles. The van der Waals surface area contributed by atoms with Gasteiger partial charge in [0.2, 0.25) is 0 Å². The zero-order chi connectivity index (χ0) is 18.7. The van der Waals surface area contributed by atoms with Crippen LogP contribution < -0.4 is 10.5 Å². The van der Waals surface area contributed by atoms with Crippen molar-refractivity contribution in [2.75, 3.05) is 13.1 Å². The van der Waals surface area contributed by atoms with E-state index in [-0.39, 0.29) is 17.7 Å². The Hall–Kier alpha value is -2.31. The number of benzene rings is 1.